The second kappa shape index (κ2) is 8.21. The van der Waals surface area contributed by atoms with E-state index in [0.29, 0.717) is 17.7 Å². The second-order valence-electron chi connectivity index (χ2n) is 7.35. The van der Waals surface area contributed by atoms with E-state index in [9.17, 15) is 19.1 Å². The fourth-order valence-electron chi connectivity index (χ4n) is 3.58. The van der Waals surface area contributed by atoms with Crippen molar-refractivity contribution in [3.63, 3.8) is 0 Å². The normalized spacial score (nSPS) is 20.0. The predicted octanol–water partition coefficient (Wildman–Crippen LogP) is 3.04. The standard InChI is InChI=1S/C22H25FN2O4/c1-4-22(16-6-8-17(23)9-7-16)20(27)25(21(28)24-22)12-18(26)13-29-19-10-5-14(2)11-15(19)3/h5-11,18,26H,4,12-13H2,1-3H3,(H,24,28). The lowest BCUT2D eigenvalue weighted by atomic mass is 9.87. The molecular weight excluding hydrogens is 375 g/mol. The smallest absolute Gasteiger partial charge is 0.325 e. The van der Waals surface area contributed by atoms with Gasteiger partial charge in [0.15, 0.2) is 0 Å². The van der Waals surface area contributed by atoms with Gasteiger partial charge in [0.1, 0.15) is 29.8 Å². The van der Waals surface area contributed by atoms with Gasteiger partial charge in [-0.25, -0.2) is 9.18 Å². The molecule has 2 aromatic rings. The van der Waals surface area contributed by atoms with Crippen LogP contribution in [0.4, 0.5) is 9.18 Å². The van der Waals surface area contributed by atoms with Crippen LogP contribution in [0.3, 0.4) is 0 Å². The number of hydrogen-bond acceptors (Lipinski definition) is 4. The van der Waals surface area contributed by atoms with Crippen LogP contribution in [0.2, 0.25) is 0 Å². The number of aliphatic hydroxyl groups excluding tert-OH is 1. The van der Waals surface area contributed by atoms with Crippen molar-refractivity contribution >= 4 is 11.9 Å². The third-order valence-electron chi connectivity index (χ3n) is 5.20. The number of carbonyl (C=O) groups excluding carboxylic acids is 2. The highest BCUT2D eigenvalue weighted by Crippen LogP contribution is 2.32. The van der Waals surface area contributed by atoms with E-state index < -0.39 is 29.4 Å². The van der Waals surface area contributed by atoms with Gasteiger partial charge in [-0.2, -0.15) is 0 Å². The average Bonchev–Trinajstić information content (AvgIpc) is 2.93. The third-order valence-corrected chi connectivity index (χ3v) is 5.20. The number of urea groups is 1. The summed E-state index contributed by atoms with van der Waals surface area (Å²) >= 11 is 0. The van der Waals surface area contributed by atoms with Gasteiger partial charge in [-0.15, -0.1) is 0 Å². The molecule has 2 aromatic carbocycles. The van der Waals surface area contributed by atoms with E-state index in [1.807, 2.05) is 32.0 Å². The minimum absolute atomic E-state index is 0.0589. The van der Waals surface area contributed by atoms with Crippen molar-refractivity contribution in [3.05, 3.63) is 65.0 Å². The minimum Gasteiger partial charge on any atom is -0.491 e. The van der Waals surface area contributed by atoms with Gasteiger partial charge in [-0.05, 0) is 49.6 Å². The molecule has 1 fully saturated rings. The van der Waals surface area contributed by atoms with Gasteiger partial charge in [0.25, 0.3) is 5.91 Å². The number of benzene rings is 2. The first-order valence-electron chi connectivity index (χ1n) is 9.55. The number of imide groups is 1. The molecule has 2 N–H and O–H groups in total. The Kier molecular flexibility index (Phi) is 5.88. The fraction of sp³-hybridized carbons (Fsp3) is 0.364. The predicted molar refractivity (Wildman–Crippen MR) is 106 cm³/mol. The summed E-state index contributed by atoms with van der Waals surface area (Å²) in [7, 11) is 0. The highest BCUT2D eigenvalue weighted by atomic mass is 19.1. The van der Waals surface area contributed by atoms with E-state index in [1.54, 1.807) is 6.92 Å². The molecule has 1 saturated heterocycles. The van der Waals surface area contributed by atoms with E-state index in [2.05, 4.69) is 5.32 Å². The van der Waals surface area contributed by atoms with Crippen molar-refractivity contribution in [1.29, 1.82) is 0 Å². The van der Waals surface area contributed by atoms with E-state index >= 15 is 0 Å². The van der Waals surface area contributed by atoms with Crippen LogP contribution < -0.4 is 10.1 Å². The molecule has 1 heterocycles. The molecule has 0 aliphatic carbocycles. The van der Waals surface area contributed by atoms with Crippen LogP contribution in [0.5, 0.6) is 5.75 Å². The van der Waals surface area contributed by atoms with Gasteiger partial charge in [-0.1, -0.05) is 36.8 Å². The lowest BCUT2D eigenvalue weighted by molar-refractivity contribution is -0.132. The minimum atomic E-state index is -1.26. The van der Waals surface area contributed by atoms with Crippen LogP contribution in [0.15, 0.2) is 42.5 Å². The average molecular weight is 400 g/mol. The van der Waals surface area contributed by atoms with Gasteiger partial charge < -0.3 is 15.2 Å². The van der Waals surface area contributed by atoms with Crippen molar-refractivity contribution in [2.24, 2.45) is 0 Å². The number of aryl methyl sites for hydroxylation is 2. The number of ether oxygens (including phenoxy) is 1. The second-order valence-corrected chi connectivity index (χ2v) is 7.35. The maximum absolute atomic E-state index is 13.3. The maximum Gasteiger partial charge on any atom is 0.325 e. The van der Waals surface area contributed by atoms with E-state index in [-0.39, 0.29) is 13.2 Å². The maximum atomic E-state index is 13.3. The first-order chi connectivity index (χ1) is 13.8. The van der Waals surface area contributed by atoms with Gasteiger partial charge in [0.05, 0.1) is 6.54 Å². The number of amides is 3. The van der Waals surface area contributed by atoms with Crippen molar-refractivity contribution in [2.75, 3.05) is 13.2 Å². The van der Waals surface area contributed by atoms with Crippen molar-refractivity contribution in [3.8, 4) is 5.75 Å². The van der Waals surface area contributed by atoms with E-state index in [0.717, 1.165) is 16.0 Å². The number of β-amino-alcohol motifs (C(OH)–C–C–N with tert-alkyl or cyclic N) is 1. The fourth-order valence-corrected chi connectivity index (χ4v) is 3.58. The summed E-state index contributed by atoms with van der Waals surface area (Å²) in [4.78, 5) is 26.5. The number of halogens is 1. The SMILES string of the molecule is CCC1(c2ccc(F)cc2)NC(=O)N(CC(O)COc2ccc(C)cc2C)C1=O. The summed E-state index contributed by atoms with van der Waals surface area (Å²) < 4.78 is 18.9. The zero-order valence-electron chi connectivity index (χ0n) is 16.7. The molecule has 0 radical (unpaired) electrons. The molecule has 0 saturated carbocycles. The summed E-state index contributed by atoms with van der Waals surface area (Å²) in [5.74, 6) is -0.254. The molecule has 3 rings (SSSR count). The molecule has 0 aromatic heterocycles. The largest absolute Gasteiger partial charge is 0.491 e. The molecule has 154 valence electrons. The summed E-state index contributed by atoms with van der Waals surface area (Å²) in [5, 5.41) is 13.1. The van der Waals surface area contributed by atoms with Crippen molar-refractivity contribution < 1.29 is 23.8 Å². The van der Waals surface area contributed by atoms with Crippen LogP contribution in [-0.2, 0) is 10.3 Å². The number of hydrogen-bond donors (Lipinski definition) is 2. The Morgan fingerprint density at radius 2 is 1.86 bits per heavy atom. The lowest BCUT2D eigenvalue weighted by Crippen LogP contribution is -2.44. The topological polar surface area (TPSA) is 78.9 Å². The molecule has 1 aliphatic rings. The van der Waals surface area contributed by atoms with Crippen LogP contribution in [0.25, 0.3) is 0 Å². The molecule has 2 unspecified atom stereocenters. The molecular formula is C22H25FN2O4. The Morgan fingerprint density at radius 3 is 2.48 bits per heavy atom. The molecule has 6 nitrogen and oxygen atoms in total. The van der Waals surface area contributed by atoms with Gasteiger partial charge >= 0.3 is 6.03 Å². The summed E-state index contributed by atoms with van der Waals surface area (Å²) in [6, 6.07) is 10.6. The highest BCUT2D eigenvalue weighted by molar-refractivity contribution is 6.07. The Hall–Kier alpha value is -2.93. The third kappa shape index (κ3) is 4.10. The van der Waals surface area contributed by atoms with Gasteiger partial charge in [-0.3, -0.25) is 9.69 Å². The number of carbonyl (C=O) groups is 2. The zero-order valence-corrected chi connectivity index (χ0v) is 16.7. The number of aliphatic hydroxyl groups is 1. The monoisotopic (exact) mass is 400 g/mol. The molecule has 29 heavy (non-hydrogen) atoms. The zero-order chi connectivity index (χ0) is 21.2. The molecule has 7 heteroatoms. The van der Waals surface area contributed by atoms with Crippen LogP contribution >= 0.6 is 0 Å². The number of nitrogens with one attached hydrogen (secondary N) is 1. The molecule has 1 aliphatic heterocycles. The van der Waals surface area contributed by atoms with E-state index in [1.165, 1.54) is 24.3 Å². The summed E-state index contributed by atoms with van der Waals surface area (Å²) in [5.41, 5.74) is 1.28. The van der Waals surface area contributed by atoms with Crippen molar-refractivity contribution in [1.82, 2.24) is 10.2 Å². The summed E-state index contributed by atoms with van der Waals surface area (Å²) in [6.45, 7) is 5.40. The Balaban J connectivity index is 1.69. The highest BCUT2D eigenvalue weighted by Gasteiger charge is 2.51. The molecule has 0 bridgehead atoms. The summed E-state index contributed by atoms with van der Waals surface area (Å²) in [6.07, 6.45) is -0.749. The Bertz CT molecular complexity index is 916. The molecule has 2 atom stereocenters. The molecule has 0 spiro atoms. The van der Waals surface area contributed by atoms with Crippen LogP contribution in [0.1, 0.15) is 30.0 Å². The first-order valence-corrected chi connectivity index (χ1v) is 9.55. The first kappa shape index (κ1) is 20.8. The van der Waals surface area contributed by atoms with Gasteiger partial charge in [0.2, 0.25) is 0 Å². The van der Waals surface area contributed by atoms with Gasteiger partial charge in [0, 0.05) is 0 Å². The Morgan fingerprint density at radius 1 is 1.17 bits per heavy atom. The van der Waals surface area contributed by atoms with E-state index in [4.69, 9.17) is 4.74 Å². The van der Waals surface area contributed by atoms with Crippen molar-refractivity contribution in [2.45, 2.75) is 38.8 Å². The number of rotatable bonds is 7. The molecule has 3 amide bonds. The van der Waals surface area contributed by atoms with Crippen LogP contribution in [-0.4, -0.2) is 41.2 Å². The van der Waals surface area contributed by atoms with Crippen LogP contribution in [0, 0.1) is 19.7 Å². The number of nitrogens with zero attached hydrogens (tertiary/aromatic N) is 1. The Labute approximate surface area is 169 Å². The lowest BCUT2D eigenvalue weighted by Gasteiger charge is -2.26. The quantitative estimate of drug-likeness (QED) is 0.701.